The van der Waals surface area contributed by atoms with Crippen LogP contribution in [0.25, 0.3) is 0 Å². The lowest BCUT2D eigenvalue weighted by Crippen LogP contribution is -2.42. The van der Waals surface area contributed by atoms with Gasteiger partial charge in [0.1, 0.15) is 22.1 Å². The highest BCUT2D eigenvalue weighted by Crippen LogP contribution is 2.32. The number of aromatic hydroxyl groups is 1. The first-order valence-corrected chi connectivity index (χ1v) is 11.1. The molecule has 0 saturated carbocycles. The first-order valence-electron chi connectivity index (χ1n) is 9.65. The number of nitrogens with one attached hydrogen (secondary N) is 1. The van der Waals surface area contributed by atoms with Crippen LogP contribution in [0.15, 0.2) is 41.3 Å². The third-order valence-electron chi connectivity index (χ3n) is 5.14. The molecule has 0 radical (unpaired) electrons. The van der Waals surface area contributed by atoms with Crippen LogP contribution in [-0.4, -0.2) is 50.5 Å². The highest BCUT2D eigenvalue weighted by atomic mass is 32.2. The van der Waals surface area contributed by atoms with Gasteiger partial charge in [0, 0.05) is 42.0 Å². The summed E-state index contributed by atoms with van der Waals surface area (Å²) in [4.78, 5) is 12.7. The molecule has 162 valence electrons. The maximum atomic E-state index is 13.3. The molecule has 0 aromatic heterocycles. The van der Waals surface area contributed by atoms with E-state index in [-0.39, 0.29) is 28.0 Å². The first kappa shape index (κ1) is 21.9. The normalized spacial score (nSPS) is 17.4. The van der Waals surface area contributed by atoms with Gasteiger partial charge in [0.15, 0.2) is 0 Å². The second-order valence-corrected chi connectivity index (χ2v) is 9.06. The maximum Gasteiger partial charge on any atom is 0.255 e. The third-order valence-corrected chi connectivity index (χ3v) is 7.17. The van der Waals surface area contributed by atoms with Gasteiger partial charge in [-0.15, -0.1) is 0 Å². The van der Waals surface area contributed by atoms with Crippen molar-refractivity contribution < 1.29 is 27.8 Å². The van der Waals surface area contributed by atoms with Crippen LogP contribution >= 0.6 is 0 Å². The molecule has 2 N–H and O–H groups in total. The predicted molar refractivity (Wildman–Crippen MR) is 113 cm³/mol. The quantitative estimate of drug-likeness (QED) is 0.723. The number of ether oxygens (including phenoxy) is 2. The fraction of sp³-hybridized carbons (Fsp3) is 0.381. The van der Waals surface area contributed by atoms with Crippen molar-refractivity contribution in [3.05, 3.63) is 42.0 Å². The van der Waals surface area contributed by atoms with Crippen LogP contribution in [0.2, 0.25) is 0 Å². The number of nitrogens with zero attached hydrogens (tertiary/aromatic N) is 1. The molecule has 1 aliphatic heterocycles. The topological polar surface area (TPSA) is 105 Å². The van der Waals surface area contributed by atoms with E-state index in [0.29, 0.717) is 18.0 Å². The summed E-state index contributed by atoms with van der Waals surface area (Å²) < 4.78 is 38.4. The van der Waals surface area contributed by atoms with Crippen LogP contribution < -0.4 is 14.8 Å². The van der Waals surface area contributed by atoms with E-state index >= 15 is 0 Å². The Bertz CT molecular complexity index is 1040. The molecule has 8 nitrogen and oxygen atoms in total. The lowest BCUT2D eigenvalue weighted by atomic mass is 10.1. The largest absolute Gasteiger partial charge is 0.508 e. The number of phenolic OH excluding ortho intramolecular Hbond substituents is 1. The number of sulfonamides is 1. The molecule has 0 spiro atoms. The van der Waals surface area contributed by atoms with Gasteiger partial charge in [0.05, 0.1) is 14.2 Å². The molecule has 1 amide bonds. The SMILES string of the molecule is COc1cc(O)cc(NC(=O)c2ccc(OC)c(S(=O)(=O)N3CCCCC3C)c2)c1. The molecule has 1 atom stereocenters. The van der Waals surface area contributed by atoms with E-state index in [9.17, 15) is 18.3 Å². The number of rotatable bonds is 6. The molecule has 3 rings (SSSR count). The molecule has 30 heavy (non-hydrogen) atoms. The Balaban J connectivity index is 1.94. The standard InChI is InChI=1S/C21H26N2O6S/c1-14-6-4-5-9-23(14)30(26,27)20-10-15(7-8-19(20)29-3)21(25)22-16-11-17(24)13-18(12-16)28-2/h7-8,10-14,24H,4-6,9H2,1-3H3,(H,22,25). The molecule has 1 saturated heterocycles. The molecule has 1 heterocycles. The molecule has 1 unspecified atom stereocenters. The molecule has 2 aromatic rings. The number of piperidine rings is 1. The third kappa shape index (κ3) is 4.52. The van der Waals surface area contributed by atoms with E-state index in [4.69, 9.17) is 9.47 Å². The number of methoxy groups -OCH3 is 2. The number of carbonyl (C=O) groups excluding carboxylic acids is 1. The van der Waals surface area contributed by atoms with E-state index in [0.717, 1.165) is 19.3 Å². The highest BCUT2D eigenvalue weighted by molar-refractivity contribution is 7.89. The second kappa shape index (κ2) is 8.93. The zero-order valence-corrected chi connectivity index (χ0v) is 18.0. The van der Waals surface area contributed by atoms with Crippen LogP contribution in [0.3, 0.4) is 0 Å². The summed E-state index contributed by atoms with van der Waals surface area (Å²) in [7, 11) is -0.989. The van der Waals surface area contributed by atoms with E-state index in [1.807, 2.05) is 6.92 Å². The lowest BCUT2D eigenvalue weighted by molar-refractivity contribution is 0.102. The molecule has 1 aliphatic rings. The van der Waals surface area contributed by atoms with Crippen LogP contribution in [-0.2, 0) is 10.0 Å². The Morgan fingerprint density at radius 3 is 2.57 bits per heavy atom. The van der Waals surface area contributed by atoms with Crippen LogP contribution in [0.4, 0.5) is 5.69 Å². The van der Waals surface area contributed by atoms with E-state index in [1.165, 1.54) is 48.9 Å². The van der Waals surface area contributed by atoms with E-state index < -0.39 is 15.9 Å². The van der Waals surface area contributed by atoms with Gasteiger partial charge in [-0.3, -0.25) is 4.79 Å². The van der Waals surface area contributed by atoms with Crippen molar-refractivity contribution in [2.75, 3.05) is 26.1 Å². The Morgan fingerprint density at radius 2 is 1.90 bits per heavy atom. The van der Waals surface area contributed by atoms with Crippen molar-refractivity contribution in [1.82, 2.24) is 4.31 Å². The number of hydrogen-bond donors (Lipinski definition) is 2. The lowest BCUT2D eigenvalue weighted by Gasteiger charge is -2.32. The summed E-state index contributed by atoms with van der Waals surface area (Å²) in [6.07, 6.45) is 2.58. The number of carbonyl (C=O) groups is 1. The minimum absolute atomic E-state index is 0.0418. The number of benzene rings is 2. The fourth-order valence-corrected chi connectivity index (χ4v) is 5.43. The average Bonchev–Trinajstić information content (AvgIpc) is 2.72. The van der Waals surface area contributed by atoms with Gasteiger partial charge >= 0.3 is 0 Å². The molecule has 0 bridgehead atoms. The van der Waals surface area contributed by atoms with Gasteiger partial charge in [-0.1, -0.05) is 6.42 Å². The molecule has 2 aromatic carbocycles. The summed E-state index contributed by atoms with van der Waals surface area (Å²) in [5.74, 6) is -0.0269. The highest BCUT2D eigenvalue weighted by Gasteiger charge is 2.33. The van der Waals surface area contributed by atoms with Gasteiger partial charge < -0.3 is 19.9 Å². The predicted octanol–water partition coefficient (Wildman–Crippen LogP) is 3.22. The summed E-state index contributed by atoms with van der Waals surface area (Å²) >= 11 is 0. The average molecular weight is 435 g/mol. The Kier molecular flexibility index (Phi) is 6.52. The first-order chi connectivity index (χ1) is 14.3. The smallest absolute Gasteiger partial charge is 0.255 e. The monoisotopic (exact) mass is 434 g/mol. The zero-order chi connectivity index (χ0) is 21.9. The maximum absolute atomic E-state index is 13.3. The Hall–Kier alpha value is -2.78. The molecule has 9 heteroatoms. The van der Waals surface area contributed by atoms with Crippen molar-refractivity contribution in [1.29, 1.82) is 0 Å². The Labute approximate surface area is 176 Å². The summed E-state index contributed by atoms with van der Waals surface area (Å²) in [6.45, 7) is 2.32. The molecular formula is C21H26N2O6S. The molecule has 1 fully saturated rings. The summed E-state index contributed by atoms with van der Waals surface area (Å²) in [6, 6.07) is 8.50. The van der Waals surface area contributed by atoms with Gasteiger partial charge in [0.2, 0.25) is 10.0 Å². The minimum Gasteiger partial charge on any atom is -0.508 e. The van der Waals surface area contributed by atoms with Crippen molar-refractivity contribution in [2.45, 2.75) is 37.1 Å². The fourth-order valence-electron chi connectivity index (χ4n) is 3.55. The van der Waals surface area contributed by atoms with Crippen molar-refractivity contribution >= 4 is 21.6 Å². The summed E-state index contributed by atoms with van der Waals surface area (Å²) in [5, 5.41) is 12.4. The van der Waals surface area contributed by atoms with E-state index in [1.54, 1.807) is 6.07 Å². The summed E-state index contributed by atoms with van der Waals surface area (Å²) in [5.41, 5.74) is 0.475. The van der Waals surface area contributed by atoms with Crippen LogP contribution in [0.5, 0.6) is 17.2 Å². The van der Waals surface area contributed by atoms with Crippen molar-refractivity contribution in [2.24, 2.45) is 0 Å². The number of phenols is 1. The van der Waals surface area contributed by atoms with Crippen molar-refractivity contribution in [3.63, 3.8) is 0 Å². The van der Waals surface area contributed by atoms with Gasteiger partial charge in [-0.2, -0.15) is 4.31 Å². The number of anilines is 1. The van der Waals surface area contributed by atoms with E-state index in [2.05, 4.69) is 5.32 Å². The van der Waals surface area contributed by atoms with Gasteiger partial charge in [-0.25, -0.2) is 8.42 Å². The van der Waals surface area contributed by atoms with Crippen molar-refractivity contribution in [3.8, 4) is 17.2 Å². The number of hydrogen-bond acceptors (Lipinski definition) is 6. The van der Waals surface area contributed by atoms with Gasteiger partial charge in [-0.05, 0) is 38.0 Å². The Morgan fingerprint density at radius 1 is 1.13 bits per heavy atom. The molecule has 0 aliphatic carbocycles. The van der Waals surface area contributed by atoms with Crippen LogP contribution in [0, 0.1) is 0 Å². The number of amides is 1. The molecular weight excluding hydrogens is 408 g/mol. The zero-order valence-electron chi connectivity index (χ0n) is 17.2. The minimum atomic E-state index is -3.83. The van der Waals surface area contributed by atoms with Crippen LogP contribution in [0.1, 0.15) is 36.5 Å². The van der Waals surface area contributed by atoms with Gasteiger partial charge in [0.25, 0.3) is 5.91 Å². The second-order valence-electron chi connectivity index (χ2n) is 7.20.